The zero-order valence-corrected chi connectivity index (χ0v) is 15.0. The van der Waals surface area contributed by atoms with Crippen LogP contribution in [-0.4, -0.2) is 19.8 Å². The Morgan fingerprint density at radius 1 is 1.00 bits per heavy atom. The van der Waals surface area contributed by atoms with Crippen LogP contribution in [-0.2, 0) is 16.7 Å². The van der Waals surface area contributed by atoms with Crippen LogP contribution in [0.25, 0.3) is 0 Å². The third kappa shape index (κ3) is 4.43. The summed E-state index contributed by atoms with van der Waals surface area (Å²) in [5, 5.41) is 3.85. The van der Waals surface area contributed by atoms with Crippen molar-refractivity contribution >= 4 is 15.9 Å². The van der Waals surface area contributed by atoms with Crippen molar-refractivity contribution in [1.29, 1.82) is 0 Å². The van der Waals surface area contributed by atoms with Crippen LogP contribution >= 0.6 is 15.9 Å². The van der Waals surface area contributed by atoms with Crippen molar-refractivity contribution in [3.05, 3.63) is 70.2 Å². The highest BCUT2D eigenvalue weighted by atomic mass is 79.9. The van der Waals surface area contributed by atoms with E-state index in [4.69, 9.17) is 4.74 Å². The summed E-state index contributed by atoms with van der Waals surface area (Å²) >= 11 is 3.61. The first-order valence-corrected chi connectivity index (χ1v) is 9.21. The molecule has 0 radical (unpaired) electrons. The molecule has 1 N–H and O–H groups in total. The maximum atomic E-state index is 5.60. The van der Waals surface area contributed by atoms with E-state index >= 15 is 0 Å². The van der Waals surface area contributed by atoms with Crippen LogP contribution < -0.4 is 5.32 Å². The van der Waals surface area contributed by atoms with Crippen molar-refractivity contribution in [2.45, 2.75) is 31.2 Å². The predicted octanol–water partition coefficient (Wildman–Crippen LogP) is 4.68. The maximum Gasteiger partial charge on any atom is 0.0486 e. The minimum Gasteiger partial charge on any atom is -0.381 e. The molecule has 1 heterocycles. The van der Waals surface area contributed by atoms with Gasteiger partial charge in [-0.1, -0.05) is 58.4 Å². The van der Waals surface area contributed by atoms with E-state index < -0.39 is 0 Å². The average Bonchev–Trinajstić information content (AvgIpc) is 2.61. The standard InChI is InChI=1S/C20H24BrNO/c21-19-10-4-9-18(16-19)20(11-14-23-15-12-20)22-13-5-8-17-6-2-1-3-7-17/h1-4,6-7,9-10,16,22H,5,8,11-15H2. The first-order chi connectivity index (χ1) is 11.3. The van der Waals surface area contributed by atoms with Crippen molar-refractivity contribution in [3.8, 4) is 0 Å². The number of hydrogen-bond acceptors (Lipinski definition) is 2. The second-order valence-corrected chi connectivity index (χ2v) is 7.14. The molecule has 2 aromatic rings. The minimum atomic E-state index is 0.0543. The fraction of sp³-hybridized carbons (Fsp3) is 0.400. The second-order valence-electron chi connectivity index (χ2n) is 6.22. The van der Waals surface area contributed by atoms with Crippen molar-refractivity contribution in [1.82, 2.24) is 5.32 Å². The Morgan fingerprint density at radius 3 is 2.52 bits per heavy atom. The van der Waals surface area contributed by atoms with Gasteiger partial charge in [-0.25, -0.2) is 0 Å². The van der Waals surface area contributed by atoms with Crippen LogP contribution in [0.1, 0.15) is 30.4 Å². The molecule has 1 fully saturated rings. The van der Waals surface area contributed by atoms with Gasteiger partial charge in [0.15, 0.2) is 0 Å². The molecule has 0 saturated carbocycles. The van der Waals surface area contributed by atoms with Crippen LogP contribution in [0.2, 0.25) is 0 Å². The summed E-state index contributed by atoms with van der Waals surface area (Å²) in [4.78, 5) is 0. The van der Waals surface area contributed by atoms with Crippen LogP contribution in [0, 0.1) is 0 Å². The fourth-order valence-electron chi connectivity index (χ4n) is 3.34. The normalized spacial score (nSPS) is 17.1. The van der Waals surface area contributed by atoms with Crippen LogP contribution in [0.15, 0.2) is 59.1 Å². The van der Waals surface area contributed by atoms with Gasteiger partial charge in [0.2, 0.25) is 0 Å². The van der Waals surface area contributed by atoms with Gasteiger partial charge in [0, 0.05) is 23.2 Å². The summed E-state index contributed by atoms with van der Waals surface area (Å²) in [5.41, 5.74) is 2.84. The highest BCUT2D eigenvalue weighted by Gasteiger charge is 2.33. The van der Waals surface area contributed by atoms with E-state index in [-0.39, 0.29) is 5.54 Å². The third-order valence-electron chi connectivity index (χ3n) is 4.67. The topological polar surface area (TPSA) is 21.3 Å². The van der Waals surface area contributed by atoms with E-state index in [9.17, 15) is 0 Å². The monoisotopic (exact) mass is 373 g/mol. The van der Waals surface area contributed by atoms with Crippen molar-refractivity contribution in [3.63, 3.8) is 0 Å². The molecule has 0 amide bonds. The number of ether oxygens (including phenoxy) is 1. The molecule has 1 aliphatic rings. The maximum absolute atomic E-state index is 5.60. The van der Waals surface area contributed by atoms with Gasteiger partial charge in [-0.3, -0.25) is 0 Å². The van der Waals surface area contributed by atoms with Gasteiger partial charge in [-0.05, 0) is 55.5 Å². The number of nitrogens with one attached hydrogen (secondary N) is 1. The molecule has 0 atom stereocenters. The average molecular weight is 374 g/mol. The number of hydrogen-bond donors (Lipinski definition) is 1. The molecule has 23 heavy (non-hydrogen) atoms. The summed E-state index contributed by atoms with van der Waals surface area (Å²) in [6, 6.07) is 19.4. The minimum absolute atomic E-state index is 0.0543. The molecule has 1 aliphatic heterocycles. The van der Waals surface area contributed by atoms with Gasteiger partial charge >= 0.3 is 0 Å². The van der Waals surface area contributed by atoms with Gasteiger partial charge in [0.05, 0.1) is 0 Å². The van der Waals surface area contributed by atoms with E-state index in [1.165, 1.54) is 11.1 Å². The zero-order valence-electron chi connectivity index (χ0n) is 13.4. The number of rotatable bonds is 6. The van der Waals surface area contributed by atoms with E-state index in [0.29, 0.717) is 0 Å². The molecule has 0 spiro atoms. The largest absolute Gasteiger partial charge is 0.381 e. The van der Waals surface area contributed by atoms with E-state index in [1.807, 2.05) is 0 Å². The van der Waals surface area contributed by atoms with E-state index in [1.54, 1.807) is 0 Å². The third-order valence-corrected chi connectivity index (χ3v) is 5.17. The van der Waals surface area contributed by atoms with E-state index in [2.05, 4.69) is 75.8 Å². The number of halogens is 1. The molecule has 122 valence electrons. The lowest BCUT2D eigenvalue weighted by Gasteiger charge is -2.39. The van der Waals surface area contributed by atoms with Crippen LogP contribution in [0.5, 0.6) is 0 Å². The Bertz CT molecular complexity index is 608. The molecule has 3 rings (SSSR count). The summed E-state index contributed by atoms with van der Waals surface area (Å²) in [7, 11) is 0. The Morgan fingerprint density at radius 2 is 1.78 bits per heavy atom. The lowest BCUT2D eigenvalue weighted by molar-refractivity contribution is 0.0366. The van der Waals surface area contributed by atoms with Crippen LogP contribution in [0.3, 0.4) is 0 Å². The Kier molecular flexibility index (Phi) is 5.87. The Labute approximate surface area is 147 Å². The highest BCUT2D eigenvalue weighted by molar-refractivity contribution is 9.10. The Balaban J connectivity index is 1.63. The van der Waals surface area contributed by atoms with Gasteiger partial charge < -0.3 is 10.1 Å². The summed E-state index contributed by atoms with van der Waals surface area (Å²) in [6.07, 6.45) is 4.35. The van der Waals surface area contributed by atoms with E-state index in [0.717, 1.165) is 49.9 Å². The first kappa shape index (κ1) is 16.7. The molecule has 0 aromatic heterocycles. The lowest BCUT2D eigenvalue weighted by Crippen LogP contribution is -2.47. The lowest BCUT2D eigenvalue weighted by atomic mass is 9.82. The van der Waals surface area contributed by atoms with Gasteiger partial charge in [-0.15, -0.1) is 0 Å². The van der Waals surface area contributed by atoms with Gasteiger partial charge in [0.1, 0.15) is 0 Å². The molecule has 2 aromatic carbocycles. The second kappa shape index (κ2) is 8.09. The summed E-state index contributed by atoms with van der Waals surface area (Å²) in [6.45, 7) is 2.69. The molecule has 0 bridgehead atoms. The molecule has 0 unspecified atom stereocenters. The van der Waals surface area contributed by atoms with Gasteiger partial charge in [0.25, 0.3) is 0 Å². The van der Waals surface area contributed by atoms with Crippen LogP contribution in [0.4, 0.5) is 0 Å². The number of benzene rings is 2. The highest BCUT2D eigenvalue weighted by Crippen LogP contribution is 2.33. The number of aryl methyl sites for hydroxylation is 1. The summed E-state index contributed by atoms with van der Waals surface area (Å²) < 4.78 is 6.75. The molecular weight excluding hydrogens is 350 g/mol. The fourth-order valence-corrected chi connectivity index (χ4v) is 3.74. The molecular formula is C20H24BrNO. The first-order valence-electron chi connectivity index (χ1n) is 8.41. The Hall–Kier alpha value is -1.16. The summed E-state index contributed by atoms with van der Waals surface area (Å²) in [5.74, 6) is 0. The van der Waals surface area contributed by atoms with Gasteiger partial charge in [-0.2, -0.15) is 0 Å². The van der Waals surface area contributed by atoms with Crippen molar-refractivity contribution in [2.75, 3.05) is 19.8 Å². The predicted molar refractivity (Wildman–Crippen MR) is 98.6 cm³/mol. The molecule has 0 aliphatic carbocycles. The zero-order chi connectivity index (χ0) is 16.0. The quantitative estimate of drug-likeness (QED) is 0.742. The SMILES string of the molecule is Brc1cccc(C2(NCCCc3ccccc3)CCOCC2)c1. The smallest absolute Gasteiger partial charge is 0.0486 e. The van der Waals surface area contributed by atoms with Crippen molar-refractivity contribution in [2.24, 2.45) is 0 Å². The molecule has 3 heteroatoms. The van der Waals surface area contributed by atoms with Crippen molar-refractivity contribution < 1.29 is 4.74 Å². The molecule has 2 nitrogen and oxygen atoms in total. The molecule has 1 saturated heterocycles.